The third-order valence-electron chi connectivity index (χ3n) is 3.28. The first kappa shape index (κ1) is 13.6. The molecule has 1 aliphatic rings. The van der Waals surface area contributed by atoms with Gasteiger partial charge in [0.2, 0.25) is 5.76 Å². The van der Waals surface area contributed by atoms with Gasteiger partial charge in [0.05, 0.1) is 0 Å². The number of aromatic carboxylic acids is 1. The van der Waals surface area contributed by atoms with E-state index < -0.39 is 5.97 Å². The van der Waals surface area contributed by atoms with E-state index in [0.29, 0.717) is 26.2 Å². The van der Waals surface area contributed by atoms with Crippen LogP contribution < -0.4 is 4.90 Å². The van der Waals surface area contributed by atoms with Crippen LogP contribution in [0.4, 0.5) is 5.13 Å². The lowest BCUT2D eigenvalue weighted by molar-refractivity contribution is 0.0648. The molecule has 3 heterocycles. The van der Waals surface area contributed by atoms with Crippen LogP contribution in [-0.4, -0.2) is 53.0 Å². The molecule has 1 fully saturated rings. The van der Waals surface area contributed by atoms with E-state index >= 15 is 0 Å². The molecule has 1 saturated heterocycles. The number of carbonyl (C=O) groups excluding carboxylic acids is 1. The second kappa shape index (κ2) is 5.57. The standard InChI is InChI=1S/C13H13N3O4S/c17-11(9-1-2-10(20-9)12(18)19)15-4-6-16(7-5-15)13-14-3-8-21-13/h1-3,8H,4-7H2,(H,18,19). The maximum Gasteiger partial charge on any atom is 0.371 e. The van der Waals surface area contributed by atoms with Gasteiger partial charge in [-0.3, -0.25) is 4.79 Å². The first-order valence-corrected chi connectivity index (χ1v) is 7.30. The van der Waals surface area contributed by atoms with Gasteiger partial charge in [-0.2, -0.15) is 0 Å². The Kier molecular flexibility index (Phi) is 3.61. The van der Waals surface area contributed by atoms with Crippen molar-refractivity contribution in [1.29, 1.82) is 0 Å². The summed E-state index contributed by atoms with van der Waals surface area (Å²) in [5.74, 6) is -1.61. The molecule has 1 N–H and O–H groups in total. The van der Waals surface area contributed by atoms with Crippen LogP contribution in [0.15, 0.2) is 28.1 Å². The van der Waals surface area contributed by atoms with E-state index in [-0.39, 0.29) is 17.4 Å². The fourth-order valence-corrected chi connectivity index (χ4v) is 2.89. The molecule has 0 aliphatic carbocycles. The molecule has 8 heteroatoms. The van der Waals surface area contributed by atoms with E-state index in [9.17, 15) is 9.59 Å². The SMILES string of the molecule is O=C(O)c1ccc(C(=O)N2CCN(c3nccs3)CC2)o1. The van der Waals surface area contributed by atoms with Gasteiger partial charge in [-0.15, -0.1) is 11.3 Å². The summed E-state index contributed by atoms with van der Waals surface area (Å²) in [6.45, 7) is 2.51. The maximum absolute atomic E-state index is 12.2. The first-order valence-electron chi connectivity index (χ1n) is 6.42. The predicted molar refractivity (Wildman–Crippen MR) is 75.9 cm³/mol. The van der Waals surface area contributed by atoms with E-state index in [2.05, 4.69) is 9.88 Å². The van der Waals surface area contributed by atoms with Gasteiger partial charge in [-0.05, 0) is 12.1 Å². The second-order valence-electron chi connectivity index (χ2n) is 4.56. The minimum atomic E-state index is -1.18. The molecule has 21 heavy (non-hydrogen) atoms. The van der Waals surface area contributed by atoms with Gasteiger partial charge in [-0.1, -0.05) is 0 Å². The highest BCUT2D eigenvalue weighted by Gasteiger charge is 2.25. The van der Waals surface area contributed by atoms with E-state index in [1.54, 1.807) is 22.4 Å². The number of anilines is 1. The second-order valence-corrected chi connectivity index (χ2v) is 5.44. The average Bonchev–Trinajstić information content (AvgIpc) is 3.18. The van der Waals surface area contributed by atoms with Gasteiger partial charge in [-0.25, -0.2) is 9.78 Å². The van der Waals surface area contributed by atoms with Crippen molar-refractivity contribution in [2.45, 2.75) is 0 Å². The molecule has 0 atom stereocenters. The molecule has 1 aliphatic heterocycles. The van der Waals surface area contributed by atoms with Crippen molar-refractivity contribution in [1.82, 2.24) is 9.88 Å². The fraction of sp³-hybridized carbons (Fsp3) is 0.308. The summed E-state index contributed by atoms with van der Waals surface area (Å²) in [7, 11) is 0. The van der Waals surface area contributed by atoms with Crippen molar-refractivity contribution in [2.75, 3.05) is 31.1 Å². The smallest absolute Gasteiger partial charge is 0.371 e. The number of aromatic nitrogens is 1. The zero-order valence-electron chi connectivity index (χ0n) is 11.1. The van der Waals surface area contributed by atoms with Gasteiger partial charge in [0.1, 0.15) is 0 Å². The summed E-state index contributed by atoms with van der Waals surface area (Å²) in [5.41, 5.74) is 0. The normalized spacial score (nSPS) is 15.2. The number of rotatable bonds is 3. The van der Waals surface area contributed by atoms with Crippen molar-refractivity contribution in [3.8, 4) is 0 Å². The van der Waals surface area contributed by atoms with Crippen LogP contribution in [0.5, 0.6) is 0 Å². The summed E-state index contributed by atoms with van der Waals surface area (Å²) < 4.78 is 5.04. The third kappa shape index (κ3) is 2.75. The van der Waals surface area contributed by atoms with Crippen LogP contribution in [0.25, 0.3) is 0 Å². The van der Waals surface area contributed by atoms with Gasteiger partial charge < -0.3 is 19.3 Å². The Morgan fingerprint density at radius 1 is 1.19 bits per heavy atom. The Labute approximate surface area is 124 Å². The lowest BCUT2D eigenvalue weighted by atomic mass is 10.3. The van der Waals surface area contributed by atoms with Crippen molar-refractivity contribution in [2.24, 2.45) is 0 Å². The van der Waals surface area contributed by atoms with E-state index in [1.807, 2.05) is 5.38 Å². The number of carboxylic acid groups (broad SMARTS) is 1. The number of nitrogens with zero attached hydrogens (tertiary/aromatic N) is 3. The molecule has 0 aromatic carbocycles. The quantitative estimate of drug-likeness (QED) is 0.922. The Morgan fingerprint density at radius 2 is 1.90 bits per heavy atom. The van der Waals surface area contributed by atoms with E-state index in [4.69, 9.17) is 9.52 Å². The zero-order valence-corrected chi connectivity index (χ0v) is 11.9. The minimum absolute atomic E-state index is 0.0649. The highest BCUT2D eigenvalue weighted by atomic mass is 32.1. The van der Waals surface area contributed by atoms with Crippen LogP contribution >= 0.6 is 11.3 Å². The van der Waals surface area contributed by atoms with Crippen LogP contribution in [0.1, 0.15) is 21.1 Å². The van der Waals surface area contributed by atoms with Crippen LogP contribution in [-0.2, 0) is 0 Å². The van der Waals surface area contributed by atoms with Gasteiger partial charge in [0.15, 0.2) is 10.9 Å². The Hall–Kier alpha value is -2.35. The molecule has 0 saturated carbocycles. The van der Waals surface area contributed by atoms with Crippen molar-refractivity contribution < 1.29 is 19.1 Å². The third-order valence-corrected chi connectivity index (χ3v) is 4.12. The number of furan rings is 1. The number of amides is 1. The molecule has 0 bridgehead atoms. The van der Waals surface area contributed by atoms with Crippen molar-refractivity contribution in [3.63, 3.8) is 0 Å². The average molecular weight is 307 g/mol. The summed E-state index contributed by atoms with van der Waals surface area (Å²) in [4.78, 5) is 31.0. The molecule has 0 spiro atoms. The molecule has 0 radical (unpaired) electrons. The summed E-state index contributed by atoms with van der Waals surface area (Å²) in [5, 5.41) is 11.7. The highest BCUT2D eigenvalue weighted by molar-refractivity contribution is 7.13. The molecular formula is C13H13N3O4S. The Balaban J connectivity index is 1.63. The molecule has 0 unspecified atom stereocenters. The van der Waals surface area contributed by atoms with Crippen molar-refractivity contribution >= 4 is 28.3 Å². The monoisotopic (exact) mass is 307 g/mol. The molecule has 2 aromatic rings. The number of carboxylic acids is 1. The molecular weight excluding hydrogens is 294 g/mol. The number of carbonyl (C=O) groups is 2. The highest BCUT2D eigenvalue weighted by Crippen LogP contribution is 2.20. The van der Waals surface area contributed by atoms with E-state index in [0.717, 1.165) is 5.13 Å². The number of hydrogen-bond donors (Lipinski definition) is 1. The van der Waals surface area contributed by atoms with Gasteiger partial charge in [0, 0.05) is 37.8 Å². The van der Waals surface area contributed by atoms with E-state index in [1.165, 1.54) is 12.1 Å². The fourth-order valence-electron chi connectivity index (χ4n) is 2.20. The van der Waals surface area contributed by atoms with Gasteiger partial charge in [0.25, 0.3) is 5.91 Å². The largest absolute Gasteiger partial charge is 0.475 e. The summed E-state index contributed by atoms with van der Waals surface area (Å²) in [6, 6.07) is 2.69. The minimum Gasteiger partial charge on any atom is -0.475 e. The zero-order chi connectivity index (χ0) is 14.8. The Bertz CT molecular complexity index is 644. The summed E-state index contributed by atoms with van der Waals surface area (Å²) >= 11 is 1.57. The maximum atomic E-state index is 12.2. The van der Waals surface area contributed by atoms with Gasteiger partial charge >= 0.3 is 5.97 Å². The molecule has 3 rings (SSSR count). The lowest BCUT2D eigenvalue weighted by Crippen LogP contribution is -2.48. The predicted octanol–water partition coefficient (Wildman–Crippen LogP) is 1.40. The van der Waals surface area contributed by atoms with Crippen LogP contribution in [0.2, 0.25) is 0 Å². The number of thiazole rings is 1. The first-order chi connectivity index (χ1) is 10.1. The van der Waals surface area contributed by atoms with Crippen molar-refractivity contribution in [3.05, 3.63) is 35.2 Å². The van der Waals surface area contributed by atoms with Crippen LogP contribution in [0, 0.1) is 0 Å². The molecule has 7 nitrogen and oxygen atoms in total. The number of piperazine rings is 1. The van der Waals surface area contributed by atoms with Crippen LogP contribution in [0.3, 0.4) is 0 Å². The Morgan fingerprint density at radius 3 is 2.48 bits per heavy atom. The molecule has 2 aromatic heterocycles. The summed E-state index contributed by atoms with van der Waals surface area (Å²) in [6.07, 6.45) is 1.76. The topological polar surface area (TPSA) is 86.9 Å². The molecule has 1 amide bonds. The molecule has 110 valence electrons. The lowest BCUT2D eigenvalue weighted by Gasteiger charge is -2.34. The number of hydrogen-bond acceptors (Lipinski definition) is 6.